The summed E-state index contributed by atoms with van der Waals surface area (Å²) in [6.45, 7) is 4.05. The van der Waals surface area contributed by atoms with Crippen LogP contribution in [0.4, 0.5) is 11.9 Å². The number of hydrogen-bond acceptors (Lipinski definition) is 6. The van der Waals surface area contributed by atoms with E-state index in [9.17, 15) is 0 Å². The number of nitrogens with zero attached hydrogens (tertiary/aromatic N) is 5. The van der Waals surface area contributed by atoms with Crippen molar-refractivity contribution in [1.82, 2.24) is 19.9 Å². The largest absolute Gasteiger partial charge is 0.368 e. The van der Waals surface area contributed by atoms with E-state index in [1.807, 2.05) is 19.0 Å². The fourth-order valence-electron chi connectivity index (χ4n) is 2.80. The Morgan fingerprint density at radius 3 is 2.59 bits per heavy atom. The molecule has 6 heteroatoms. The fraction of sp³-hybridized carbons (Fsp3) is 0.438. The Bertz CT molecular complexity index is 669. The molecule has 22 heavy (non-hydrogen) atoms. The summed E-state index contributed by atoms with van der Waals surface area (Å²) in [5.74, 6) is 1.61. The van der Waals surface area contributed by atoms with Crippen LogP contribution in [0.3, 0.4) is 0 Å². The molecule has 2 aromatic rings. The van der Waals surface area contributed by atoms with Crippen molar-refractivity contribution in [2.75, 3.05) is 31.3 Å². The number of benzene rings is 1. The summed E-state index contributed by atoms with van der Waals surface area (Å²) in [4.78, 5) is 17.3. The minimum atomic E-state index is 0.109. The van der Waals surface area contributed by atoms with E-state index in [-0.39, 0.29) is 12.0 Å². The predicted octanol–water partition coefficient (Wildman–Crippen LogP) is 1.64. The topological polar surface area (TPSA) is 71.2 Å². The molecule has 2 N–H and O–H groups in total. The highest BCUT2D eigenvalue weighted by Crippen LogP contribution is 2.26. The molecular formula is C16H22N6. The van der Waals surface area contributed by atoms with Gasteiger partial charge in [0.1, 0.15) is 0 Å². The van der Waals surface area contributed by atoms with Gasteiger partial charge in [-0.2, -0.15) is 15.0 Å². The van der Waals surface area contributed by atoms with Gasteiger partial charge >= 0.3 is 0 Å². The van der Waals surface area contributed by atoms with Gasteiger partial charge in [0.15, 0.2) is 5.82 Å². The lowest BCUT2D eigenvalue weighted by Gasteiger charge is -2.33. The van der Waals surface area contributed by atoms with Gasteiger partial charge in [0.2, 0.25) is 11.9 Å². The Morgan fingerprint density at radius 2 is 1.86 bits per heavy atom. The molecule has 0 aliphatic carbocycles. The molecule has 0 spiro atoms. The van der Waals surface area contributed by atoms with Gasteiger partial charge in [-0.15, -0.1) is 0 Å². The van der Waals surface area contributed by atoms with E-state index in [4.69, 9.17) is 5.73 Å². The maximum atomic E-state index is 5.83. The van der Waals surface area contributed by atoms with Crippen LogP contribution in [-0.4, -0.2) is 40.5 Å². The molecule has 0 fully saturated rings. The number of aromatic nitrogens is 3. The molecule has 0 bridgehead atoms. The average Bonchev–Trinajstić information content (AvgIpc) is 2.53. The molecule has 1 aliphatic heterocycles. The zero-order valence-electron chi connectivity index (χ0n) is 13.3. The first-order valence-electron chi connectivity index (χ1n) is 7.54. The molecule has 6 nitrogen and oxygen atoms in total. The van der Waals surface area contributed by atoms with Crippen molar-refractivity contribution in [2.45, 2.75) is 25.9 Å². The second kappa shape index (κ2) is 5.88. The van der Waals surface area contributed by atoms with Crippen LogP contribution in [0.15, 0.2) is 24.3 Å². The average molecular weight is 298 g/mol. The molecule has 1 aromatic carbocycles. The SMILES string of the molecule is C[C@H](c1nc(N)nc(N(C)C)n1)N1CCc2ccccc2C1. The summed E-state index contributed by atoms with van der Waals surface area (Å²) >= 11 is 0. The van der Waals surface area contributed by atoms with Crippen LogP contribution in [0.2, 0.25) is 0 Å². The predicted molar refractivity (Wildman–Crippen MR) is 87.5 cm³/mol. The van der Waals surface area contributed by atoms with Crippen molar-refractivity contribution in [1.29, 1.82) is 0 Å². The van der Waals surface area contributed by atoms with E-state index in [2.05, 4.69) is 51.0 Å². The van der Waals surface area contributed by atoms with Crippen LogP contribution in [0.25, 0.3) is 0 Å². The van der Waals surface area contributed by atoms with Gasteiger partial charge < -0.3 is 10.6 Å². The highest BCUT2D eigenvalue weighted by atomic mass is 15.3. The third-order valence-electron chi connectivity index (χ3n) is 4.14. The van der Waals surface area contributed by atoms with Gasteiger partial charge in [-0.1, -0.05) is 24.3 Å². The normalized spacial score (nSPS) is 16.1. The summed E-state index contributed by atoms with van der Waals surface area (Å²) in [5, 5.41) is 0. The smallest absolute Gasteiger partial charge is 0.229 e. The van der Waals surface area contributed by atoms with Gasteiger partial charge in [0.25, 0.3) is 0 Å². The number of rotatable bonds is 3. The highest BCUT2D eigenvalue weighted by Gasteiger charge is 2.24. The number of hydrogen-bond donors (Lipinski definition) is 1. The fourth-order valence-corrected chi connectivity index (χ4v) is 2.80. The lowest BCUT2D eigenvalue weighted by Crippen LogP contribution is -2.34. The Labute approximate surface area is 131 Å². The van der Waals surface area contributed by atoms with Crippen molar-refractivity contribution in [3.8, 4) is 0 Å². The molecule has 3 rings (SSSR count). The Hall–Kier alpha value is -2.21. The number of anilines is 2. The summed E-state index contributed by atoms with van der Waals surface area (Å²) in [5.41, 5.74) is 8.66. The second-order valence-electron chi connectivity index (χ2n) is 5.91. The van der Waals surface area contributed by atoms with E-state index in [0.717, 1.165) is 25.3 Å². The van der Waals surface area contributed by atoms with Gasteiger partial charge in [-0.05, 0) is 24.5 Å². The summed E-state index contributed by atoms with van der Waals surface area (Å²) in [7, 11) is 3.81. The highest BCUT2D eigenvalue weighted by molar-refractivity contribution is 5.33. The van der Waals surface area contributed by atoms with Crippen molar-refractivity contribution in [2.24, 2.45) is 0 Å². The van der Waals surface area contributed by atoms with Crippen molar-refractivity contribution >= 4 is 11.9 Å². The van der Waals surface area contributed by atoms with Crippen LogP contribution in [0.1, 0.15) is 29.9 Å². The van der Waals surface area contributed by atoms with E-state index >= 15 is 0 Å². The maximum Gasteiger partial charge on any atom is 0.229 e. The minimum absolute atomic E-state index is 0.109. The van der Waals surface area contributed by atoms with E-state index in [1.54, 1.807) is 0 Å². The van der Waals surface area contributed by atoms with Gasteiger partial charge in [-0.3, -0.25) is 4.90 Å². The van der Waals surface area contributed by atoms with Crippen molar-refractivity contribution < 1.29 is 0 Å². The number of nitrogens with two attached hydrogens (primary N) is 1. The monoisotopic (exact) mass is 298 g/mol. The van der Waals surface area contributed by atoms with Crippen LogP contribution in [-0.2, 0) is 13.0 Å². The molecule has 0 saturated heterocycles. The molecule has 0 saturated carbocycles. The Kier molecular flexibility index (Phi) is 3.94. The lowest BCUT2D eigenvalue weighted by molar-refractivity contribution is 0.185. The van der Waals surface area contributed by atoms with E-state index in [1.165, 1.54) is 11.1 Å². The van der Waals surface area contributed by atoms with Crippen LogP contribution in [0.5, 0.6) is 0 Å². The molecule has 1 aromatic heterocycles. The third-order valence-corrected chi connectivity index (χ3v) is 4.14. The zero-order chi connectivity index (χ0) is 15.7. The van der Waals surface area contributed by atoms with E-state index in [0.29, 0.717) is 5.95 Å². The lowest BCUT2D eigenvalue weighted by atomic mass is 9.99. The maximum absolute atomic E-state index is 5.83. The van der Waals surface area contributed by atoms with Gasteiger partial charge in [-0.25, -0.2) is 0 Å². The van der Waals surface area contributed by atoms with Crippen LogP contribution < -0.4 is 10.6 Å². The molecule has 2 heterocycles. The van der Waals surface area contributed by atoms with Crippen molar-refractivity contribution in [3.63, 3.8) is 0 Å². The number of fused-ring (bicyclic) bond motifs is 1. The molecule has 1 atom stereocenters. The first-order chi connectivity index (χ1) is 10.5. The minimum Gasteiger partial charge on any atom is -0.368 e. The summed E-state index contributed by atoms with van der Waals surface area (Å²) < 4.78 is 0. The molecule has 0 unspecified atom stereocenters. The number of nitrogen functional groups attached to an aromatic ring is 1. The summed E-state index contributed by atoms with van der Waals surface area (Å²) in [6, 6.07) is 8.72. The molecule has 0 amide bonds. The van der Waals surface area contributed by atoms with Gasteiger partial charge in [0.05, 0.1) is 6.04 Å². The first kappa shape index (κ1) is 14.7. The standard InChI is InChI=1S/C16H22N6/c1-11(14-18-15(17)20-16(19-14)21(2)3)22-9-8-12-6-4-5-7-13(12)10-22/h4-7,11H,8-10H2,1-3H3,(H2,17,18,19,20)/t11-/m1/s1. The molecule has 1 aliphatic rings. The van der Waals surface area contributed by atoms with Gasteiger partial charge in [0, 0.05) is 27.2 Å². The summed E-state index contributed by atoms with van der Waals surface area (Å²) in [6.07, 6.45) is 1.06. The zero-order valence-corrected chi connectivity index (χ0v) is 13.3. The van der Waals surface area contributed by atoms with Crippen LogP contribution in [0, 0.1) is 0 Å². The molecule has 116 valence electrons. The van der Waals surface area contributed by atoms with Crippen molar-refractivity contribution in [3.05, 3.63) is 41.2 Å². The quantitative estimate of drug-likeness (QED) is 0.929. The Balaban J connectivity index is 1.84. The Morgan fingerprint density at radius 1 is 1.14 bits per heavy atom. The molecular weight excluding hydrogens is 276 g/mol. The van der Waals surface area contributed by atoms with E-state index < -0.39 is 0 Å². The second-order valence-corrected chi connectivity index (χ2v) is 5.91. The van der Waals surface area contributed by atoms with Crippen LogP contribution >= 0.6 is 0 Å². The third kappa shape index (κ3) is 2.87. The first-order valence-corrected chi connectivity index (χ1v) is 7.54. The molecule has 0 radical (unpaired) electrons.